The number of nitrogen functional groups attached to an aromatic ring is 1. The Morgan fingerprint density at radius 1 is 1.30 bits per heavy atom. The molecule has 0 aliphatic rings. The third-order valence-electron chi connectivity index (χ3n) is 3.21. The second-order valence-corrected chi connectivity index (χ2v) is 5.40. The molecule has 0 saturated carbocycles. The average molecular weight is 334 g/mol. The van der Waals surface area contributed by atoms with Crippen LogP contribution in [0.15, 0.2) is 40.9 Å². The highest BCUT2D eigenvalue weighted by molar-refractivity contribution is 9.10. The fraction of sp³-hybridized carbons (Fsp3) is 0.133. The van der Waals surface area contributed by atoms with Crippen LogP contribution >= 0.6 is 15.9 Å². The Morgan fingerprint density at radius 3 is 2.70 bits per heavy atom. The maximum absolute atomic E-state index is 11.2. The zero-order valence-corrected chi connectivity index (χ0v) is 12.7. The number of carbonyl (C=O) groups excluding carboxylic acids is 1. The van der Waals surface area contributed by atoms with E-state index in [0.29, 0.717) is 16.6 Å². The van der Waals surface area contributed by atoms with Gasteiger partial charge in [0, 0.05) is 22.4 Å². The standard InChI is InChI=1S/C15H16BrN3O/c1-9-10(3-2-4-14(9)17)8-19-11-5-6-12(15(18)20)13(16)7-11/h2-7,19H,8,17H2,1H3,(H2,18,20). The Hall–Kier alpha value is -2.01. The quantitative estimate of drug-likeness (QED) is 0.752. The minimum absolute atomic E-state index is 0.449. The van der Waals surface area contributed by atoms with Gasteiger partial charge in [0.2, 0.25) is 5.91 Å². The Labute approximate surface area is 126 Å². The molecule has 2 aromatic carbocycles. The molecule has 0 atom stereocenters. The number of halogens is 1. The summed E-state index contributed by atoms with van der Waals surface area (Å²) in [7, 11) is 0. The van der Waals surface area contributed by atoms with Gasteiger partial charge in [0.15, 0.2) is 0 Å². The largest absolute Gasteiger partial charge is 0.399 e. The second kappa shape index (κ2) is 5.96. The van der Waals surface area contributed by atoms with Crippen LogP contribution < -0.4 is 16.8 Å². The topological polar surface area (TPSA) is 81.1 Å². The highest BCUT2D eigenvalue weighted by Gasteiger charge is 2.07. The van der Waals surface area contributed by atoms with Gasteiger partial charge in [-0.2, -0.15) is 0 Å². The Morgan fingerprint density at radius 2 is 2.05 bits per heavy atom. The van der Waals surface area contributed by atoms with Crippen molar-refractivity contribution in [2.45, 2.75) is 13.5 Å². The van der Waals surface area contributed by atoms with Gasteiger partial charge in [0.25, 0.3) is 0 Å². The van der Waals surface area contributed by atoms with Gasteiger partial charge >= 0.3 is 0 Å². The fourth-order valence-electron chi connectivity index (χ4n) is 1.92. The molecule has 0 heterocycles. The molecule has 2 aromatic rings. The summed E-state index contributed by atoms with van der Waals surface area (Å²) in [6, 6.07) is 11.2. The Balaban J connectivity index is 2.13. The van der Waals surface area contributed by atoms with Gasteiger partial charge in [-0.05, 0) is 58.2 Å². The van der Waals surface area contributed by atoms with Crippen molar-refractivity contribution in [3.63, 3.8) is 0 Å². The lowest BCUT2D eigenvalue weighted by Crippen LogP contribution is -2.12. The third kappa shape index (κ3) is 3.11. The van der Waals surface area contributed by atoms with Crippen LogP contribution in [-0.4, -0.2) is 5.91 Å². The average Bonchev–Trinajstić information content (AvgIpc) is 2.40. The number of hydrogen-bond donors (Lipinski definition) is 3. The first-order valence-corrected chi connectivity index (χ1v) is 6.95. The number of primary amides is 1. The van der Waals surface area contributed by atoms with Crippen LogP contribution in [0.25, 0.3) is 0 Å². The van der Waals surface area contributed by atoms with E-state index in [1.54, 1.807) is 6.07 Å². The summed E-state index contributed by atoms with van der Waals surface area (Å²) in [6.45, 7) is 2.66. The zero-order chi connectivity index (χ0) is 14.7. The third-order valence-corrected chi connectivity index (χ3v) is 3.86. The van der Waals surface area contributed by atoms with Crippen LogP contribution in [0.4, 0.5) is 11.4 Å². The van der Waals surface area contributed by atoms with Gasteiger partial charge in [-0.25, -0.2) is 0 Å². The Kier molecular flexibility index (Phi) is 4.29. The smallest absolute Gasteiger partial charge is 0.249 e. The van der Waals surface area contributed by atoms with Crippen LogP contribution in [0.1, 0.15) is 21.5 Å². The van der Waals surface area contributed by atoms with Crippen molar-refractivity contribution in [2.24, 2.45) is 5.73 Å². The molecule has 1 amide bonds. The molecule has 0 unspecified atom stereocenters. The fourth-order valence-corrected chi connectivity index (χ4v) is 2.49. The molecule has 0 aliphatic heterocycles. The molecular formula is C15H16BrN3O. The number of amides is 1. The zero-order valence-electron chi connectivity index (χ0n) is 11.1. The number of nitrogens with one attached hydrogen (secondary N) is 1. The highest BCUT2D eigenvalue weighted by atomic mass is 79.9. The first-order valence-electron chi connectivity index (χ1n) is 6.16. The lowest BCUT2D eigenvalue weighted by atomic mass is 10.1. The van der Waals surface area contributed by atoms with Crippen LogP contribution in [0.5, 0.6) is 0 Å². The molecule has 0 saturated heterocycles. The van der Waals surface area contributed by atoms with Crippen molar-refractivity contribution >= 4 is 33.2 Å². The molecule has 2 rings (SSSR count). The van der Waals surface area contributed by atoms with E-state index in [2.05, 4.69) is 21.2 Å². The maximum atomic E-state index is 11.2. The molecular weight excluding hydrogens is 318 g/mol. The van der Waals surface area contributed by atoms with Gasteiger partial charge in [-0.15, -0.1) is 0 Å². The minimum Gasteiger partial charge on any atom is -0.399 e. The number of benzene rings is 2. The predicted octanol–water partition coefficient (Wildman–Crippen LogP) is 3.05. The van der Waals surface area contributed by atoms with E-state index < -0.39 is 5.91 Å². The summed E-state index contributed by atoms with van der Waals surface area (Å²) in [5.74, 6) is -0.449. The molecule has 0 radical (unpaired) electrons. The molecule has 104 valence electrons. The van der Waals surface area contributed by atoms with Gasteiger partial charge in [-0.1, -0.05) is 12.1 Å². The maximum Gasteiger partial charge on any atom is 0.249 e. The SMILES string of the molecule is Cc1c(N)cccc1CNc1ccc(C(N)=O)c(Br)c1. The molecule has 0 bridgehead atoms. The van der Waals surface area contributed by atoms with E-state index in [1.807, 2.05) is 37.3 Å². The van der Waals surface area contributed by atoms with Gasteiger partial charge in [0.05, 0.1) is 5.56 Å². The number of hydrogen-bond acceptors (Lipinski definition) is 3. The minimum atomic E-state index is -0.449. The lowest BCUT2D eigenvalue weighted by molar-refractivity contribution is 0.0999. The molecule has 5 N–H and O–H groups in total. The summed E-state index contributed by atoms with van der Waals surface area (Å²) in [5.41, 5.74) is 15.5. The van der Waals surface area contributed by atoms with E-state index in [4.69, 9.17) is 11.5 Å². The molecule has 0 fully saturated rings. The van der Waals surface area contributed by atoms with Crippen molar-refractivity contribution in [3.05, 3.63) is 57.6 Å². The molecule has 20 heavy (non-hydrogen) atoms. The van der Waals surface area contributed by atoms with E-state index in [0.717, 1.165) is 22.5 Å². The Bertz CT molecular complexity index is 656. The van der Waals surface area contributed by atoms with Crippen molar-refractivity contribution in [2.75, 3.05) is 11.1 Å². The van der Waals surface area contributed by atoms with Crippen LogP contribution in [0.3, 0.4) is 0 Å². The summed E-state index contributed by atoms with van der Waals surface area (Å²) in [5, 5.41) is 3.30. The lowest BCUT2D eigenvalue weighted by Gasteiger charge is -2.11. The first-order chi connectivity index (χ1) is 9.49. The first kappa shape index (κ1) is 14.4. The number of carbonyl (C=O) groups is 1. The van der Waals surface area contributed by atoms with Crippen molar-refractivity contribution in [3.8, 4) is 0 Å². The number of anilines is 2. The number of rotatable bonds is 4. The van der Waals surface area contributed by atoms with E-state index in [9.17, 15) is 4.79 Å². The summed E-state index contributed by atoms with van der Waals surface area (Å²) < 4.78 is 0.680. The van der Waals surface area contributed by atoms with Crippen LogP contribution in [-0.2, 0) is 6.54 Å². The van der Waals surface area contributed by atoms with Crippen molar-refractivity contribution in [1.82, 2.24) is 0 Å². The van der Waals surface area contributed by atoms with Gasteiger partial charge < -0.3 is 16.8 Å². The summed E-state index contributed by atoms with van der Waals surface area (Å²) in [4.78, 5) is 11.2. The molecule has 5 heteroatoms. The molecule has 0 spiro atoms. The summed E-state index contributed by atoms with van der Waals surface area (Å²) >= 11 is 3.34. The van der Waals surface area contributed by atoms with Gasteiger partial charge in [0.1, 0.15) is 0 Å². The van der Waals surface area contributed by atoms with Crippen molar-refractivity contribution in [1.29, 1.82) is 0 Å². The van der Waals surface area contributed by atoms with Crippen LogP contribution in [0.2, 0.25) is 0 Å². The second-order valence-electron chi connectivity index (χ2n) is 4.54. The normalized spacial score (nSPS) is 10.3. The summed E-state index contributed by atoms with van der Waals surface area (Å²) in [6.07, 6.45) is 0. The monoisotopic (exact) mass is 333 g/mol. The number of nitrogens with two attached hydrogens (primary N) is 2. The molecule has 0 aromatic heterocycles. The van der Waals surface area contributed by atoms with Crippen LogP contribution in [0, 0.1) is 6.92 Å². The van der Waals surface area contributed by atoms with E-state index in [1.165, 1.54) is 0 Å². The molecule has 4 nitrogen and oxygen atoms in total. The molecule has 0 aliphatic carbocycles. The van der Waals surface area contributed by atoms with Gasteiger partial charge in [-0.3, -0.25) is 4.79 Å². The van der Waals surface area contributed by atoms with E-state index in [-0.39, 0.29) is 0 Å². The van der Waals surface area contributed by atoms with E-state index >= 15 is 0 Å². The highest BCUT2D eigenvalue weighted by Crippen LogP contribution is 2.22. The van der Waals surface area contributed by atoms with Crippen molar-refractivity contribution < 1.29 is 4.79 Å². The predicted molar refractivity (Wildman–Crippen MR) is 85.6 cm³/mol.